The lowest BCUT2D eigenvalue weighted by molar-refractivity contribution is -0.135. The van der Waals surface area contributed by atoms with Crippen LogP contribution in [0.3, 0.4) is 0 Å². The van der Waals surface area contributed by atoms with Gasteiger partial charge in [-0.25, -0.2) is 4.39 Å². The molecule has 0 saturated carbocycles. The van der Waals surface area contributed by atoms with Crippen LogP contribution in [0.4, 0.5) is 4.39 Å². The summed E-state index contributed by atoms with van der Waals surface area (Å²) in [5.41, 5.74) is 4.44. The molecule has 0 unspecified atom stereocenters. The van der Waals surface area contributed by atoms with Gasteiger partial charge in [-0.05, 0) is 70.7 Å². The van der Waals surface area contributed by atoms with E-state index in [0.29, 0.717) is 28.4 Å². The van der Waals surface area contributed by atoms with Crippen LogP contribution < -0.4 is 14.2 Å². The largest absolute Gasteiger partial charge is 0.493 e. The molecule has 0 amide bonds. The number of rotatable bonds is 6. The number of allylic oxidation sites excluding steroid dienone is 2. The van der Waals surface area contributed by atoms with Crippen LogP contribution in [-0.2, 0) is 4.79 Å². The summed E-state index contributed by atoms with van der Waals surface area (Å²) >= 11 is 0. The Labute approximate surface area is 162 Å². The number of carboxylic acid groups (broad SMARTS) is 1. The van der Waals surface area contributed by atoms with E-state index in [2.05, 4.69) is 0 Å². The molecule has 0 aromatic heterocycles. The first-order valence-electron chi connectivity index (χ1n) is 8.63. The number of hydrogen-bond donors (Lipinski definition) is 1. The maximum Gasteiger partial charge on any atom is 0.307 e. The number of methoxy groups -OCH3 is 3. The van der Waals surface area contributed by atoms with E-state index in [1.54, 1.807) is 18.2 Å². The van der Waals surface area contributed by atoms with Crippen LogP contribution >= 0.6 is 0 Å². The number of ether oxygens (including phenoxy) is 3. The van der Waals surface area contributed by atoms with Crippen LogP contribution in [0.2, 0.25) is 0 Å². The number of halogens is 1. The van der Waals surface area contributed by atoms with Crippen LogP contribution in [0, 0.1) is 5.82 Å². The Morgan fingerprint density at radius 3 is 2.21 bits per heavy atom. The molecule has 3 rings (SSSR count). The summed E-state index contributed by atoms with van der Waals surface area (Å²) in [5.74, 6) is 0.152. The lowest BCUT2D eigenvalue weighted by Crippen LogP contribution is -1.97. The topological polar surface area (TPSA) is 65.0 Å². The van der Waals surface area contributed by atoms with Crippen LogP contribution in [0.1, 0.15) is 30.0 Å². The van der Waals surface area contributed by atoms with Crippen molar-refractivity contribution in [2.75, 3.05) is 21.3 Å². The number of benzene rings is 2. The molecule has 0 atom stereocenters. The zero-order valence-electron chi connectivity index (χ0n) is 16.1. The third kappa shape index (κ3) is 3.45. The Balaban J connectivity index is 2.19. The summed E-state index contributed by atoms with van der Waals surface area (Å²) in [6.07, 6.45) is 1.74. The van der Waals surface area contributed by atoms with Gasteiger partial charge in [-0.3, -0.25) is 4.79 Å². The zero-order valence-corrected chi connectivity index (χ0v) is 16.1. The van der Waals surface area contributed by atoms with Gasteiger partial charge < -0.3 is 19.3 Å². The molecule has 28 heavy (non-hydrogen) atoms. The van der Waals surface area contributed by atoms with Crippen molar-refractivity contribution < 1.29 is 28.5 Å². The van der Waals surface area contributed by atoms with Gasteiger partial charge in [-0.1, -0.05) is 6.07 Å². The van der Waals surface area contributed by atoms with Crippen LogP contribution in [-0.4, -0.2) is 32.4 Å². The molecular weight excluding hydrogens is 363 g/mol. The summed E-state index contributed by atoms with van der Waals surface area (Å²) in [7, 11) is 4.61. The fraction of sp³-hybridized carbons (Fsp3) is 0.227. The number of carboxylic acids is 1. The highest BCUT2D eigenvalue weighted by Crippen LogP contribution is 2.45. The van der Waals surface area contributed by atoms with Crippen molar-refractivity contribution in [1.82, 2.24) is 0 Å². The molecule has 2 aromatic rings. The molecular formula is C22H21FO5. The highest BCUT2D eigenvalue weighted by molar-refractivity contribution is 6.07. The first-order chi connectivity index (χ1) is 13.4. The van der Waals surface area contributed by atoms with E-state index in [0.717, 1.165) is 22.3 Å². The van der Waals surface area contributed by atoms with Crippen LogP contribution in [0.25, 0.3) is 17.2 Å². The molecule has 0 heterocycles. The predicted molar refractivity (Wildman–Crippen MR) is 105 cm³/mol. The molecule has 0 spiro atoms. The summed E-state index contributed by atoms with van der Waals surface area (Å²) in [6.45, 7) is 1.85. The third-order valence-corrected chi connectivity index (χ3v) is 4.78. The Morgan fingerprint density at radius 1 is 1.04 bits per heavy atom. The first kappa shape index (κ1) is 19.5. The molecule has 2 aromatic carbocycles. The maximum atomic E-state index is 13.8. The van der Waals surface area contributed by atoms with E-state index in [4.69, 9.17) is 14.2 Å². The minimum Gasteiger partial charge on any atom is -0.493 e. The average Bonchev–Trinajstić information content (AvgIpc) is 2.91. The number of fused-ring (bicyclic) bond motifs is 1. The first-order valence-corrected chi connectivity index (χ1v) is 8.63. The van der Waals surface area contributed by atoms with Gasteiger partial charge in [0.05, 0.1) is 27.8 Å². The molecule has 1 N–H and O–H groups in total. The summed E-state index contributed by atoms with van der Waals surface area (Å²) in [6, 6.07) is 8.04. The molecule has 5 nitrogen and oxygen atoms in total. The normalized spacial score (nSPS) is 14.2. The lowest BCUT2D eigenvalue weighted by atomic mass is 10.00. The molecule has 0 radical (unpaired) electrons. The average molecular weight is 384 g/mol. The van der Waals surface area contributed by atoms with Gasteiger partial charge >= 0.3 is 5.97 Å². The van der Waals surface area contributed by atoms with Crippen molar-refractivity contribution in [3.8, 4) is 17.2 Å². The number of hydrogen-bond acceptors (Lipinski definition) is 4. The monoisotopic (exact) mass is 384 g/mol. The van der Waals surface area contributed by atoms with Crippen LogP contribution in [0.5, 0.6) is 17.2 Å². The van der Waals surface area contributed by atoms with Gasteiger partial charge in [-0.2, -0.15) is 0 Å². The Hall–Kier alpha value is -3.28. The molecule has 0 bridgehead atoms. The Kier molecular flexibility index (Phi) is 5.40. The van der Waals surface area contributed by atoms with Crippen molar-refractivity contribution in [2.45, 2.75) is 13.3 Å². The van der Waals surface area contributed by atoms with E-state index in [9.17, 15) is 14.3 Å². The predicted octanol–water partition coefficient (Wildman–Crippen LogP) is 4.65. The van der Waals surface area contributed by atoms with E-state index in [-0.39, 0.29) is 6.42 Å². The number of carbonyl (C=O) groups is 1. The lowest BCUT2D eigenvalue weighted by Gasteiger charge is -2.13. The second kappa shape index (κ2) is 7.76. The van der Waals surface area contributed by atoms with Crippen molar-refractivity contribution in [3.63, 3.8) is 0 Å². The quantitative estimate of drug-likeness (QED) is 0.785. The smallest absolute Gasteiger partial charge is 0.307 e. The van der Waals surface area contributed by atoms with Crippen LogP contribution in [0.15, 0.2) is 35.9 Å². The highest BCUT2D eigenvalue weighted by Gasteiger charge is 2.26. The SMILES string of the molecule is COc1cc(/C=C2\C(C)=C(CC(=O)O)c3cc(F)ccc32)cc(OC)c1OC. The van der Waals surface area contributed by atoms with E-state index in [1.807, 2.05) is 13.0 Å². The minimum atomic E-state index is -0.960. The summed E-state index contributed by atoms with van der Waals surface area (Å²) in [4.78, 5) is 11.3. The van der Waals surface area contributed by atoms with Crippen molar-refractivity contribution in [2.24, 2.45) is 0 Å². The highest BCUT2D eigenvalue weighted by atomic mass is 19.1. The molecule has 0 saturated heterocycles. The second-order valence-electron chi connectivity index (χ2n) is 6.38. The Bertz CT molecular complexity index is 979. The fourth-order valence-electron chi connectivity index (χ4n) is 3.48. The standard InChI is InChI=1S/C22H21FO5/c1-12-16(7-13-8-19(26-2)22(28-4)20(9-13)27-3)15-6-5-14(23)10-18(15)17(12)11-21(24)25/h5-10H,11H2,1-4H3,(H,24,25)/b16-7+. The van der Waals surface area contributed by atoms with E-state index >= 15 is 0 Å². The van der Waals surface area contributed by atoms with Gasteiger partial charge in [0.25, 0.3) is 0 Å². The molecule has 6 heteroatoms. The Morgan fingerprint density at radius 2 is 1.68 bits per heavy atom. The molecule has 0 fully saturated rings. The zero-order chi connectivity index (χ0) is 20.4. The van der Waals surface area contributed by atoms with Crippen molar-refractivity contribution >= 4 is 23.2 Å². The third-order valence-electron chi connectivity index (χ3n) is 4.78. The molecule has 0 aliphatic heterocycles. The summed E-state index contributed by atoms with van der Waals surface area (Å²) in [5, 5.41) is 9.26. The van der Waals surface area contributed by atoms with Gasteiger partial charge in [0.15, 0.2) is 11.5 Å². The maximum absolute atomic E-state index is 13.8. The minimum absolute atomic E-state index is 0.172. The fourth-order valence-corrected chi connectivity index (χ4v) is 3.48. The van der Waals surface area contributed by atoms with Gasteiger partial charge in [0, 0.05) is 0 Å². The second-order valence-corrected chi connectivity index (χ2v) is 6.38. The van der Waals surface area contributed by atoms with Gasteiger partial charge in [0.2, 0.25) is 5.75 Å². The number of aliphatic carboxylic acids is 1. The molecule has 1 aliphatic rings. The van der Waals surface area contributed by atoms with E-state index < -0.39 is 11.8 Å². The van der Waals surface area contributed by atoms with Gasteiger partial charge in [0.1, 0.15) is 5.82 Å². The summed E-state index contributed by atoms with van der Waals surface area (Å²) < 4.78 is 29.9. The van der Waals surface area contributed by atoms with Crippen molar-refractivity contribution in [1.29, 1.82) is 0 Å². The molecule has 146 valence electrons. The molecule has 1 aliphatic carbocycles. The van der Waals surface area contributed by atoms with Crippen molar-refractivity contribution in [3.05, 3.63) is 58.4 Å². The van der Waals surface area contributed by atoms with E-state index in [1.165, 1.54) is 33.5 Å². The van der Waals surface area contributed by atoms with Gasteiger partial charge in [-0.15, -0.1) is 0 Å².